The predicted molar refractivity (Wildman–Crippen MR) is 136 cm³/mol. The molecule has 7 heteroatoms. The maximum atomic E-state index is 13.3. The topological polar surface area (TPSA) is 89.4 Å². The van der Waals surface area contributed by atoms with Crippen molar-refractivity contribution in [1.82, 2.24) is 15.2 Å². The lowest BCUT2D eigenvalue weighted by Crippen LogP contribution is -2.40. The van der Waals surface area contributed by atoms with Gasteiger partial charge in [-0.15, -0.1) is 0 Å². The van der Waals surface area contributed by atoms with Gasteiger partial charge in [0.25, 0.3) is 11.8 Å². The Morgan fingerprint density at radius 3 is 2.26 bits per heavy atom. The van der Waals surface area contributed by atoms with Gasteiger partial charge in [-0.25, -0.2) is 0 Å². The lowest BCUT2D eigenvalue weighted by Gasteiger charge is -2.21. The quantitative estimate of drug-likeness (QED) is 0.602. The van der Waals surface area contributed by atoms with Crippen LogP contribution in [-0.4, -0.2) is 41.7 Å². The molecule has 0 unspecified atom stereocenters. The minimum atomic E-state index is -0.519. The summed E-state index contributed by atoms with van der Waals surface area (Å²) in [6.07, 6.45) is 13.4. The maximum Gasteiger partial charge on any atom is 0.256 e. The van der Waals surface area contributed by atoms with Crippen molar-refractivity contribution in [3.63, 3.8) is 0 Å². The molecule has 1 aromatic heterocycles. The summed E-state index contributed by atoms with van der Waals surface area (Å²) >= 11 is 0. The Morgan fingerprint density at radius 2 is 1.57 bits per heavy atom. The Balaban J connectivity index is 1.51. The number of carbonyl (C=O) groups excluding carboxylic acids is 2. The number of nitrogens with zero attached hydrogens (tertiary/aromatic N) is 1. The second-order valence-electron chi connectivity index (χ2n) is 9.75. The number of ether oxygens (including phenoxy) is 1. The van der Waals surface area contributed by atoms with Crippen LogP contribution in [0.1, 0.15) is 84.1 Å². The fourth-order valence-corrected chi connectivity index (χ4v) is 5.01. The Bertz CT molecular complexity index is 1040. The second kappa shape index (κ2) is 12.7. The fourth-order valence-electron chi connectivity index (χ4n) is 5.01. The molecule has 4 rings (SSSR count). The number of hydrogen-bond acceptors (Lipinski definition) is 4. The molecule has 2 fully saturated rings. The Morgan fingerprint density at radius 1 is 0.886 bits per heavy atom. The van der Waals surface area contributed by atoms with E-state index in [4.69, 9.17) is 4.74 Å². The summed E-state index contributed by atoms with van der Waals surface area (Å²) in [5.41, 5.74) is 0.618. The van der Waals surface area contributed by atoms with E-state index < -0.39 is 11.3 Å². The summed E-state index contributed by atoms with van der Waals surface area (Å²) in [6, 6.07) is 9.93. The smallest absolute Gasteiger partial charge is 0.256 e. The number of amides is 2. The number of nitrogens with one attached hydrogen (secondary N) is 2. The number of rotatable bonds is 8. The molecule has 7 nitrogen and oxygen atoms in total. The molecule has 1 aliphatic carbocycles. The summed E-state index contributed by atoms with van der Waals surface area (Å²) < 4.78 is 7.52. The number of benzene rings is 1. The molecule has 1 atom stereocenters. The van der Waals surface area contributed by atoms with Crippen LogP contribution in [0, 0.1) is 0 Å². The third-order valence-corrected chi connectivity index (χ3v) is 6.99. The summed E-state index contributed by atoms with van der Waals surface area (Å²) in [5.74, 6) is -0.840. The molecule has 0 bridgehead atoms. The average Bonchev–Trinajstić information content (AvgIpc) is 3.35. The molecule has 35 heavy (non-hydrogen) atoms. The van der Waals surface area contributed by atoms with Gasteiger partial charge < -0.3 is 19.9 Å². The molecular weight excluding hydrogens is 442 g/mol. The highest BCUT2D eigenvalue weighted by atomic mass is 16.5. The van der Waals surface area contributed by atoms with E-state index >= 15 is 0 Å². The summed E-state index contributed by atoms with van der Waals surface area (Å²) in [5, 5.41) is 5.94. The summed E-state index contributed by atoms with van der Waals surface area (Å²) in [7, 11) is 0. The van der Waals surface area contributed by atoms with E-state index in [-0.39, 0.29) is 29.2 Å². The molecule has 1 saturated carbocycles. The van der Waals surface area contributed by atoms with E-state index in [1.807, 2.05) is 30.3 Å². The minimum absolute atomic E-state index is 0.00127. The summed E-state index contributed by atoms with van der Waals surface area (Å²) in [6.45, 7) is 1.63. The monoisotopic (exact) mass is 479 g/mol. The highest BCUT2D eigenvalue weighted by molar-refractivity contribution is 5.99. The average molecular weight is 480 g/mol. The van der Waals surface area contributed by atoms with Crippen LogP contribution >= 0.6 is 0 Å². The van der Waals surface area contributed by atoms with Gasteiger partial charge >= 0.3 is 0 Å². The molecule has 2 N–H and O–H groups in total. The predicted octanol–water partition coefficient (Wildman–Crippen LogP) is 3.84. The molecule has 1 aromatic carbocycles. The number of carbonyl (C=O) groups is 2. The van der Waals surface area contributed by atoms with Gasteiger partial charge in [-0.1, -0.05) is 62.4 Å². The van der Waals surface area contributed by atoms with Crippen molar-refractivity contribution in [3.05, 3.63) is 69.6 Å². The molecule has 188 valence electrons. The van der Waals surface area contributed by atoms with Gasteiger partial charge in [-0.05, 0) is 37.7 Å². The Kier molecular flexibility index (Phi) is 9.12. The van der Waals surface area contributed by atoms with Gasteiger partial charge in [0, 0.05) is 38.1 Å². The van der Waals surface area contributed by atoms with Crippen LogP contribution in [0.2, 0.25) is 0 Å². The van der Waals surface area contributed by atoms with Crippen LogP contribution in [0.15, 0.2) is 47.5 Å². The van der Waals surface area contributed by atoms with Crippen molar-refractivity contribution >= 4 is 11.8 Å². The first kappa shape index (κ1) is 25.2. The summed E-state index contributed by atoms with van der Waals surface area (Å²) in [4.78, 5) is 39.5. The van der Waals surface area contributed by atoms with E-state index in [0.717, 1.165) is 44.1 Å². The van der Waals surface area contributed by atoms with Gasteiger partial charge in [0.15, 0.2) is 0 Å². The molecule has 2 aromatic rings. The second-order valence-corrected chi connectivity index (χ2v) is 9.75. The van der Waals surface area contributed by atoms with E-state index in [1.54, 1.807) is 17.0 Å². The van der Waals surface area contributed by atoms with Crippen LogP contribution in [-0.2, 0) is 17.7 Å². The molecule has 2 heterocycles. The maximum absolute atomic E-state index is 13.3. The standard InChI is InChI=1S/C28H37N3O4/c32-26-24(27(33)29-16-15-21-10-5-4-6-11-21)19-31(18-23-14-9-17-35-23)20-25(26)28(34)30-22-12-7-2-1-3-8-13-22/h4-6,10-11,19-20,22-23H,1-3,7-9,12-18H2,(H,29,33)(H,30,34)/t23-/m0/s1. The van der Waals surface area contributed by atoms with Gasteiger partial charge in [0.05, 0.1) is 6.10 Å². The van der Waals surface area contributed by atoms with Gasteiger partial charge in [0.1, 0.15) is 11.1 Å². The zero-order chi connectivity index (χ0) is 24.5. The molecule has 0 spiro atoms. The van der Waals surface area contributed by atoms with E-state index in [2.05, 4.69) is 10.6 Å². The SMILES string of the molecule is O=C(NCCc1ccccc1)c1cn(C[C@@H]2CCCO2)cc(C(=O)NC2CCCCCCC2)c1=O. The van der Waals surface area contributed by atoms with Crippen LogP contribution in [0.4, 0.5) is 0 Å². The first-order chi connectivity index (χ1) is 17.1. The van der Waals surface area contributed by atoms with Gasteiger partial charge in [-0.2, -0.15) is 0 Å². The first-order valence-corrected chi connectivity index (χ1v) is 13.1. The lowest BCUT2D eigenvalue weighted by atomic mass is 9.96. The minimum Gasteiger partial charge on any atom is -0.376 e. The molecule has 0 radical (unpaired) electrons. The molecule has 2 aliphatic rings. The van der Waals surface area contributed by atoms with Crippen molar-refractivity contribution in [2.75, 3.05) is 13.2 Å². The van der Waals surface area contributed by atoms with Crippen molar-refractivity contribution in [1.29, 1.82) is 0 Å². The fraction of sp³-hybridized carbons (Fsp3) is 0.536. The van der Waals surface area contributed by atoms with Crippen LogP contribution < -0.4 is 16.1 Å². The number of hydrogen-bond donors (Lipinski definition) is 2. The van der Waals surface area contributed by atoms with Gasteiger partial charge in [-0.3, -0.25) is 14.4 Å². The van der Waals surface area contributed by atoms with E-state index in [0.29, 0.717) is 26.1 Å². The molecule has 1 aliphatic heterocycles. The van der Waals surface area contributed by atoms with E-state index in [1.165, 1.54) is 19.3 Å². The van der Waals surface area contributed by atoms with Crippen molar-refractivity contribution in [2.45, 2.75) is 82.9 Å². The zero-order valence-corrected chi connectivity index (χ0v) is 20.5. The molecule has 1 saturated heterocycles. The zero-order valence-electron chi connectivity index (χ0n) is 20.5. The first-order valence-electron chi connectivity index (χ1n) is 13.1. The normalized spacial score (nSPS) is 19.0. The molecule has 2 amide bonds. The highest BCUT2D eigenvalue weighted by Gasteiger charge is 2.23. The molecular formula is C28H37N3O4. The van der Waals surface area contributed by atoms with Crippen LogP contribution in [0.3, 0.4) is 0 Å². The third-order valence-electron chi connectivity index (χ3n) is 6.99. The lowest BCUT2D eigenvalue weighted by molar-refractivity contribution is 0.0914. The third kappa shape index (κ3) is 7.28. The Hall–Kier alpha value is -2.93. The van der Waals surface area contributed by atoms with Gasteiger partial charge in [0.2, 0.25) is 5.43 Å². The number of aromatic nitrogens is 1. The number of pyridine rings is 1. The largest absolute Gasteiger partial charge is 0.376 e. The van der Waals surface area contributed by atoms with Crippen molar-refractivity contribution < 1.29 is 14.3 Å². The van der Waals surface area contributed by atoms with Crippen LogP contribution in [0.25, 0.3) is 0 Å². The van der Waals surface area contributed by atoms with Crippen molar-refractivity contribution in [3.8, 4) is 0 Å². The highest BCUT2D eigenvalue weighted by Crippen LogP contribution is 2.18. The van der Waals surface area contributed by atoms with Crippen molar-refractivity contribution in [2.24, 2.45) is 0 Å². The van der Waals surface area contributed by atoms with E-state index in [9.17, 15) is 14.4 Å². The van der Waals surface area contributed by atoms with Crippen LogP contribution in [0.5, 0.6) is 0 Å². The Labute approximate surface area is 207 Å².